The Labute approximate surface area is 112 Å². The van der Waals surface area contributed by atoms with Crippen LogP contribution in [0.2, 0.25) is 0 Å². The van der Waals surface area contributed by atoms with Gasteiger partial charge in [-0.1, -0.05) is 13.0 Å². The van der Waals surface area contributed by atoms with Crippen molar-refractivity contribution >= 4 is 17.1 Å². The van der Waals surface area contributed by atoms with Crippen LogP contribution >= 0.6 is 0 Å². The van der Waals surface area contributed by atoms with Crippen molar-refractivity contribution in [2.75, 3.05) is 36.8 Å². The molecule has 1 unspecified atom stereocenters. The molecule has 0 radical (unpaired) electrons. The van der Waals surface area contributed by atoms with E-state index in [-0.39, 0.29) is 16.3 Å². The molecular weight excluding hydrogens is 244 g/mol. The summed E-state index contributed by atoms with van der Waals surface area (Å²) < 4.78 is 0. The van der Waals surface area contributed by atoms with Crippen molar-refractivity contribution < 1.29 is 4.92 Å². The molecule has 19 heavy (non-hydrogen) atoms. The number of benzene rings is 1. The topological polar surface area (TPSA) is 75.6 Å². The van der Waals surface area contributed by atoms with Gasteiger partial charge in [0.15, 0.2) is 0 Å². The summed E-state index contributed by atoms with van der Waals surface area (Å²) in [5, 5.41) is 11.2. The predicted molar refractivity (Wildman–Crippen MR) is 76.4 cm³/mol. The van der Waals surface area contributed by atoms with Crippen molar-refractivity contribution in [3.05, 3.63) is 28.3 Å². The zero-order valence-electron chi connectivity index (χ0n) is 11.4. The normalized spacial score (nSPS) is 20.5. The van der Waals surface area contributed by atoms with Crippen molar-refractivity contribution in [1.82, 2.24) is 4.90 Å². The SMILES string of the molecule is CCN1CCN(c2cccc(N)c2[N+](=O)[O-])CC1C. The fraction of sp³-hybridized carbons (Fsp3) is 0.538. The quantitative estimate of drug-likeness (QED) is 0.511. The third kappa shape index (κ3) is 2.63. The zero-order valence-corrected chi connectivity index (χ0v) is 11.4. The maximum Gasteiger partial charge on any atom is 0.315 e. The van der Waals surface area contributed by atoms with Crippen molar-refractivity contribution in [2.24, 2.45) is 0 Å². The number of piperazine rings is 1. The number of hydrogen-bond donors (Lipinski definition) is 1. The van der Waals surface area contributed by atoms with Crippen molar-refractivity contribution in [3.8, 4) is 0 Å². The van der Waals surface area contributed by atoms with Crippen LogP contribution in [-0.4, -0.2) is 42.0 Å². The summed E-state index contributed by atoms with van der Waals surface area (Å²) in [6.07, 6.45) is 0. The summed E-state index contributed by atoms with van der Waals surface area (Å²) in [7, 11) is 0. The predicted octanol–water partition coefficient (Wildman–Crippen LogP) is 1.71. The monoisotopic (exact) mass is 264 g/mol. The van der Waals surface area contributed by atoms with Crippen LogP contribution in [0, 0.1) is 10.1 Å². The number of nitro benzene ring substituents is 1. The van der Waals surface area contributed by atoms with Crippen LogP contribution in [0.5, 0.6) is 0 Å². The number of nitrogens with two attached hydrogens (primary N) is 1. The second-order valence-corrected chi connectivity index (χ2v) is 4.90. The highest BCUT2D eigenvalue weighted by atomic mass is 16.6. The zero-order chi connectivity index (χ0) is 14.0. The Bertz CT molecular complexity index is 478. The summed E-state index contributed by atoms with van der Waals surface area (Å²) in [4.78, 5) is 15.2. The summed E-state index contributed by atoms with van der Waals surface area (Å²) in [5.74, 6) is 0. The largest absolute Gasteiger partial charge is 0.393 e. The molecule has 104 valence electrons. The first-order valence-corrected chi connectivity index (χ1v) is 6.56. The number of nitrogen functional groups attached to an aromatic ring is 1. The molecule has 1 aromatic rings. The van der Waals surface area contributed by atoms with Gasteiger partial charge in [-0.25, -0.2) is 0 Å². The van der Waals surface area contributed by atoms with Crippen LogP contribution in [0.4, 0.5) is 17.1 Å². The van der Waals surface area contributed by atoms with E-state index in [1.807, 2.05) is 0 Å². The summed E-state index contributed by atoms with van der Waals surface area (Å²) in [5.41, 5.74) is 6.63. The van der Waals surface area contributed by atoms with Crippen molar-refractivity contribution in [1.29, 1.82) is 0 Å². The maximum atomic E-state index is 11.2. The maximum absolute atomic E-state index is 11.2. The number of rotatable bonds is 3. The molecule has 2 N–H and O–H groups in total. The second-order valence-electron chi connectivity index (χ2n) is 4.90. The number of likely N-dealkylation sites (N-methyl/N-ethyl adjacent to an activating group) is 1. The Balaban J connectivity index is 2.28. The van der Waals surface area contributed by atoms with Gasteiger partial charge < -0.3 is 10.6 Å². The molecule has 1 atom stereocenters. The van der Waals surface area contributed by atoms with E-state index in [0.29, 0.717) is 11.7 Å². The average molecular weight is 264 g/mol. The Morgan fingerprint density at radius 2 is 2.21 bits per heavy atom. The van der Waals surface area contributed by atoms with Crippen LogP contribution in [0.25, 0.3) is 0 Å². The highest BCUT2D eigenvalue weighted by molar-refractivity contribution is 5.75. The van der Waals surface area contributed by atoms with Crippen LogP contribution in [0.15, 0.2) is 18.2 Å². The van der Waals surface area contributed by atoms with Crippen molar-refractivity contribution in [3.63, 3.8) is 0 Å². The first-order valence-electron chi connectivity index (χ1n) is 6.56. The molecule has 6 heteroatoms. The lowest BCUT2D eigenvalue weighted by molar-refractivity contribution is -0.383. The molecule has 6 nitrogen and oxygen atoms in total. The van der Waals surface area contributed by atoms with Crippen LogP contribution in [-0.2, 0) is 0 Å². The number of nitro groups is 1. The molecule has 0 saturated carbocycles. The van der Waals surface area contributed by atoms with Gasteiger partial charge >= 0.3 is 5.69 Å². The van der Waals surface area contributed by atoms with E-state index in [1.54, 1.807) is 18.2 Å². The van der Waals surface area contributed by atoms with Gasteiger partial charge in [0, 0.05) is 25.7 Å². The fourth-order valence-corrected chi connectivity index (χ4v) is 2.69. The van der Waals surface area contributed by atoms with Crippen LogP contribution in [0.3, 0.4) is 0 Å². The highest BCUT2D eigenvalue weighted by Gasteiger charge is 2.28. The molecule has 2 rings (SSSR count). The van der Waals surface area contributed by atoms with Gasteiger partial charge in [0.1, 0.15) is 11.4 Å². The Morgan fingerprint density at radius 3 is 2.79 bits per heavy atom. The van der Waals surface area contributed by atoms with Gasteiger partial charge in [0.25, 0.3) is 0 Å². The van der Waals surface area contributed by atoms with E-state index in [1.165, 1.54) is 0 Å². The molecule has 0 bridgehead atoms. The lowest BCUT2D eigenvalue weighted by Gasteiger charge is -2.40. The molecule has 0 amide bonds. The minimum absolute atomic E-state index is 0.0275. The van der Waals surface area contributed by atoms with E-state index in [0.717, 1.165) is 26.2 Å². The van der Waals surface area contributed by atoms with E-state index in [2.05, 4.69) is 23.6 Å². The molecule has 1 aliphatic rings. The molecular formula is C13H20N4O2. The summed E-state index contributed by atoms with van der Waals surface area (Å²) in [6, 6.07) is 5.52. The van der Waals surface area contributed by atoms with Crippen LogP contribution < -0.4 is 10.6 Å². The fourth-order valence-electron chi connectivity index (χ4n) is 2.69. The molecule has 1 heterocycles. The Morgan fingerprint density at radius 1 is 1.47 bits per heavy atom. The van der Waals surface area contributed by atoms with Crippen molar-refractivity contribution in [2.45, 2.75) is 19.9 Å². The molecule has 1 aromatic carbocycles. The van der Waals surface area contributed by atoms with Gasteiger partial charge in [-0.05, 0) is 25.6 Å². The Hall–Kier alpha value is -1.82. The van der Waals surface area contributed by atoms with Gasteiger partial charge in [-0.2, -0.15) is 0 Å². The van der Waals surface area contributed by atoms with E-state index >= 15 is 0 Å². The second kappa shape index (κ2) is 5.44. The number of nitrogens with zero attached hydrogens (tertiary/aromatic N) is 3. The Kier molecular flexibility index (Phi) is 3.90. The minimum Gasteiger partial charge on any atom is -0.393 e. The molecule has 1 saturated heterocycles. The van der Waals surface area contributed by atoms with Gasteiger partial charge in [0.05, 0.1) is 4.92 Å². The minimum atomic E-state index is -0.387. The third-order valence-corrected chi connectivity index (χ3v) is 3.74. The standard InChI is InChI=1S/C13H20N4O2/c1-3-15-7-8-16(9-10(15)2)12-6-4-5-11(14)13(12)17(18)19/h4-6,10H,3,7-9,14H2,1-2H3. The first kappa shape index (κ1) is 13.6. The van der Waals surface area contributed by atoms with E-state index in [9.17, 15) is 10.1 Å². The number of hydrogen-bond acceptors (Lipinski definition) is 5. The van der Waals surface area contributed by atoms with Gasteiger partial charge in [0.2, 0.25) is 0 Å². The number of anilines is 2. The van der Waals surface area contributed by atoms with E-state index in [4.69, 9.17) is 5.73 Å². The van der Waals surface area contributed by atoms with Crippen LogP contribution in [0.1, 0.15) is 13.8 Å². The molecule has 0 spiro atoms. The first-order chi connectivity index (χ1) is 9.04. The molecule has 0 aliphatic carbocycles. The highest BCUT2D eigenvalue weighted by Crippen LogP contribution is 2.34. The van der Waals surface area contributed by atoms with Gasteiger partial charge in [-0.15, -0.1) is 0 Å². The molecule has 1 aliphatic heterocycles. The molecule has 1 fully saturated rings. The number of para-hydroxylation sites is 1. The lowest BCUT2D eigenvalue weighted by Crippen LogP contribution is -2.51. The third-order valence-electron chi connectivity index (χ3n) is 3.74. The van der Waals surface area contributed by atoms with Gasteiger partial charge in [-0.3, -0.25) is 15.0 Å². The smallest absolute Gasteiger partial charge is 0.315 e. The van der Waals surface area contributed by atoms with E-state index < -0.39 is 0 Å². The summed E-state index contributed by atoms with van der Waals surface area (Å²) in [6.45, 7) is 7.79. The molecule has 0 aromatic heterocycles. The average Bonchev–Trinajstić information content (AvgIpc) is 2.37. The lowest BCUT2D eigenvalue weighted by atomic mass is 10.1. The summed E-state index contributed by atoms with van der Waals surface area (Å²) >= 11 is 0.